The Balaban J connectivity index is 1.61. The van der Waals surface area contributed by atoms with Crippen molar-refractivity contribution in [1.82, 2.24) is 0 Å². The Hall–Kier alpha value is -2.79. The molecule has 0 aromatic heterocycles. The molecule has 0 atom stereocenters. The van der Waals surface area contributed by atoms with Gasteiger partial charge in [0.05, 0.1) is 4.47 Å². The smallest absolute Gasteiger partial charge is 0.262 e. The molecule has 0 saturated carbocycles. The third-order valence-corrected chi connectivity index (χ3v) is 4.61. The molecule has 0 heterocycles. The zero-order valence-electron chi connectivity index (χ0n) is 15.0. The van der Waals surface area contributed by atoms with Crippen LogP contribution in [-0.4, -0.2) is 19.1 Å². The molecule has 0 spiro atoms. The molecule has 4 nitrogen and oxygen atoms in total. The third kappa shape index (κ3) is 5.11. The van der Waals surface area contributed by atoms with Crippen molar-refractivity contribution in [2.45, 2.75) is 6.92 Å². The van der Waals surface area contributed by atoms with Gasteiger partial charge in [-0.05, 0) is 57.4 Å². The van der Waals surface area contributed by atoms with Crippen LogP contribution in [0.5, 0.6) is 11.5 Å². The van der Waals surface area contributed by atoms with E-state index in [1.165, 1.54) is 0 Å². The SMILES string of the molecule is C=C(C)COc1cccc(NC(=O)COc2ccc3ccccc3c2Br)c1. The van der Waals surface area contributed by atoms with Crippen LogP contribution in [0.2, 0.25) is 0 Å². The Morgan fingerprint density at radius 1 is 1.04 bits per heavy atom. The lowest BCUT2D eigenvalue weighted by Gasteiger charge is -2.11. The molecule has 0 radical (unpaired) electrons. The van der Waals surface area contributed by atoms with E-state index in [-0.39, 0.29) is 12.5 Å². The van der Waals surface area contributed by atoms with Gasteiger partial charge in [-0.25, -0.2) is 0 Å². The van der Waals surface area contributed by atoms with Crippen molar-refractivity contribution in [3.05, 3.63) is 77.3 Å². The molecule has 0 bridgehead atoms. The van der Waals surface area contributed by atoms with Crippen LogP contribution >= 0.6 is 15.9 Å². The molecular formula is C22H20BrNO3. The first-order valence-corrected chi connectivity index (χ1v) is 9.29. The molecule has 1 amide bonds. The summed E-state index contributed by atoms with van der Waals surface area (Å²) in [5.74, 6) is 1.06. The predicted molar refractivity (Wildman–Crippen MR) is 113 cm³/mol. The number of carbonyl (C=O) groups is 1. The highest BCUT2D eigenvalue weighted by atomic mass is 79.9. The van der Waals surface area contributed by atoms with Crippen LogP contribution in [0, 0.1) is 0 Å². The summed E-state index contributed by atoms with van der Waals surface area (Å²) in [6, 6.07) is 19.0. The second kappa shape index (κ2) is 8.73. The molecule has 3 rings (SSSR count). The number of ether oxygens (including phenoxy) is 2. The molecular weight excluding hydrogens is 406 g/mol. The molecule has 1 N–H and O–H groups in total. The highest BCUT2D eigenvalue weighted by Gasteiger charge is 2.09. The number of fused-ring (bicyclic) bond motifs is 1. The van der Waals surface area contributed by atoms with Crippen molar-refractivity contribution in [3.63, 3.8) is 0 Å². The van der Waals surface area contributed by atoms with E-state index >= 15 is 0 Å². The molecule has 3 aromatic carbocycles. The monoisotopic (exact) mass is 425 g/mol. The molecule has 0 saturated heterocycles. The molecule has 138 valence electrons. The second-order valence-electron chi connectivity index (χ2n) is 6.21. The van der Waals surface area contributed by atoms with Crippen molar-refractivity contribution in [2.24, 2.45) is 0 Å². The van der Waals surface area contributed by atoms with E-state index in [0.29, 0.717) is 23.8 Å². The highest BCUT2D eigenvalue weighted by Crippen LogP contribution is 2.33. The number of amides is 1. The fourth-order valence-electron chi connectivity index (χ4n) is 2.54. The average Bonchev–Trinajstić information content (AvgIpc) is 2.66. The Kier molecular flexibility index (Phi) is 6.14. The van der Waals surface area contributed by atoms with E-state index in [9.17, 15) is 4.79 Å². The highest BCUT2D eigenvalue weighted by molar-refractivity contribution is 9.10. The average molecular weight is 426 g/mol. The summed E-state index contributed by atoms with van der Waals surface area (Å²) in [4.78, 5) is 12.2. The summed E-state index contributed by atoms with van der Waals surface area (Å²) in [5, 5.41) is 4.96. The molecule has 0 fully saturated rings. The lowest BCUT2D eigenvalue weighted by molar-refractivity contribution is -0.118. The minimum atomic E-state index is -0.243. The van der Waals surface area contributed by atoms with Gasteiger partial charge >= 0.3 is 0 Å². The van der Waals surface area contributed by atoms with Crippen LogP contribution in [0.25, 0.3) is 10.8 Å². The molecule has 0 aliphatic carbocycles. The van der Waals surface area contributed by atoms with Gasteiger partial charge in [0.1, 0.15) is 18.1 Å². The normalized spacial score (nSPS) is 10.4. The van der Waals surface area contributed by atoms with Crippen LogP contribution < -0.4 is 14.8 Å². The molecule has 27 heavy (non-hydrogen) atoms. The summed E-state index contributed by atoms with van der Waals surface area (Å²) in [7, 11) is 0. The first-order valence-electron chi connectivity index (χ1n) is 8.50. The lowest BCUT2D eigenvalue weighted by Crippen LogP contribution is -2.20. The van der Waals surface area contributed by atoms with Gasteiger partial charge < -0.3 is 14.8 Å². The number of nitrogens with one attached hydrogen (secondary N) is 1. The van der Waals surface area contributed by atoms with E-state index in [2.05, 4.69) is 27.8 Å². The number of anilines is 1. The summed E-state index contributed by atoms with van der Waals surface area (Å²) in [5.41, 5.74) is 1.58. The topological polar surface area (TPSA) is 47.6 Å². The third-order valence-electron chi connectivity index (χ3n) is 3.79. The van der Waals surface area contributed by atoms with Gasteiger partial charge in [0.2, 0.25) is 0 Å². The number of hydrogen-bond donors (Lipinski definition) is 1. The zero-order chi connectivity index (χ0) is 19.2. The zero-order valence-corrected chi connectivity index (χ0v) is 16.6. The van der Waals surface area contributed by atoms with Crippen LogP contribution in [0.4, 0.5) is 5.69 Å². The minimum absolute atomic E-state index is 0.0895. The summed E-state index contributed by atoms with van der Waals surface area (Å²) in [6.45, 7) is 6.05. The number of rotatable bonds is 7. The van der Waals surface area contributed by atoms with E-state index in [1.807, 2.05) is 55.5 Å². The first-order chi connectivity index (χ1) is 13.0. The molecule has 5 heteroatoms. The van der Waals surface area contributed by atoms with Crippen molar-refractivity contribution in [3.8, 4) is 11.5 Å². The summed E-state index contributed by atoms with van der Waals surface area (Å²) < 4.78 is 12.1. The maximum atomic E-state index is 12.2. The first kappa shape index (κ1) is 19.0. The van der Waals surface area contributed by atoms with E-state index in [0.717, 1.165) is 20.8 Å². The number of hydrogen-bond acceptors (Lipinski definition) is 3. The van der Waals surface area contributed by atoms with Crippen molar-refractivity contribution in [1.29, 1.82) is 0 Å². The van der Waals surface area contributed by atoms with Gasteiger partial charge in [-0.15, -0.1) is 0 Å². The van der Waals surface area contributed by atoms with Gasteiger partial charge in [0.25, 0.3) is 5.91 Å². The fraction of sp³-hybridized carbons (Fsp3) is 0.136. The molecule has 0 unspecified atom stereocenters. The Morgan fingerprint density at radius 3 is 2.67 bits per heavy atom. The van der Waals surface area contributed by atoms with Crippen LogP contribution in [-0.2, 0) is 4.79 Å². The van der Waals surface area contributed by atoms with Gasteiger partial charge in [-0.1, -0.05) is 43.0 Å². The molecule has 0 aliphatic rings. The standard InChI is InChI=1S/C22H20BrNO3/c1-15(2)13-26-18-8-5-7-17(12-18)24-21(25)14-27-20-11-10-16-6-3-4-9-19(16)22(20)23/h3-12H,1,13-14H2,2H3,(H,24,25). The van der Waals surface area contributed by atoms with Gasteiger partial charge in [-0.3, -0.25) is 4.79 Å². The number of benzene rings is 3. The van der Waals surface area contributed by atoms with Crippen molar-refractivity contribution in [2.75, 3.05) is 18.5 Å². The van der Waals surface area contributed by atoms with E-state index < -0.39 is 0 Å². The Bertz CT molecular complexity index is 984. The molecule has 3 aromatic rings. The Morgan fingerprint density at radius 2 is 1.85 bits per heavy atom. The fourth-order valence-corrected chi connectivity index (χ4v) is 3.14. The lowest BCUT2D eigenvalue weighted by atomic mass is 10.1. The van der Waals surface area contributed by atoms with Crippen molar-refractivity contribution < 1.29 is 14.3 Å². The van der Waals surface area contributed by atoms with E-state index in [1.54, 1.807) is 12.1 Å². The van der Waals surface area contributed by atoms with Crippen molar-refractivity contribution >= 4 is 38.3 Å². The van der Waals surface area contributed by atoms with Crippen LogP contribution in [0.1, 0.15) is 6.92 Å². The second-order valence-corrected chi connectivity index (χ2v) is 7.00. The van der Waals surface area contributed by atoms with E-state index in [4.69, 9.17) is 9.47 Å². The number of halogens is 1. The number of carbonyl (C=O) groups excluding carboxylic acids is 1. The van der Waals surface area contributed by atoms with Gasteiger partial charge in [-0.2, -0.15) is 0 Å². The predicted octanol–water partition coefficient (Wildman–Crippen LogP) is 5.57. The van der Waals surface area contributed by atoms with Gasteiger partial charge in [0, 0.05) is 11.8 Å². The maximum absolute atomic E-state index is 12.2. The quantitative estimate of drug-likeness (QED) is 0.502. The molecule has 0 aliphatic heterocycles. The largest absolute Gasteiger partial charge is 0.489 e. The Labute approximate surface area is 166 Å². The van der Waals surface area contributed by atoms with Crippen LogP contribution in [0.3, 0.4) is 0 Å². The van der Waals surface area contributed by atoms with Crippen LogP contribution in [0.15, 0.2) is 77.3 Å². The summed E-state index contributed by atoms with van der Waals surface area (Å²) >= 11 is 3.56. The maximum Gasteiger partial charge on any atom is 0.262 e. The van der Waals surface area contributed by atoms with Gasteiger partial charge in [0.15, 0.2) is 6.61 Å². The minimum Gasteiger partial charge on any atom is -0.489 e. The summed E-state index contributed by atoms with van der Waals surface area (Å²) in [6.07, 6.45) is 0.